The number of carboxylic acid groups (broad SMARTS) is 1. The minimum atomic E-state index is -0.883. The Balaban J connectivity index is 1.05. The topological polar surface area (TPSA) is 87.8 Å². The molecule has 5 rings (SSSR count). The van der Waals surface area contributed by atoms with Gasteiger partial charge in [-0.15, -0.1) is 0 Å². The van der Waals surface area contributed by atoms with E-state index in [-0.39, 0.29) is 0 Å². The Kier molecular flexibility index (Phi) is 7.28. The number of piperidine rings is 1. The van der Waals surface area contributed by atoms with Crippen LogP contribution in [0.2, 0.25) is 0 Å². The van der Waals surface area contributed by atoms with Crippen LogP contribution in [-0.2, 0) is 6.54 Å². The number of nitrogens with zero attached hydrogens (tertiary/aromatic N) is 2. The van der Waals surface area contributed by atoms with Crippen molar-refractivity contribution in [3.05, 3.63) is 96.4 Å². The Bertz CT molecular complexity index is 1250. The number of benzene rings is 3. The second kappa shape index (κ2) is 11.1. The van der Waals surface area contributed by atoms with Gasteiger partial charge in [0.15, 0.2) is 0 Å². The molecular weight excluding hydrogens is 454 g/mol. The van der Waals surface area contributed by atoms with Crippen LogP contribution in [0.25, 0.3) is 11.5 Å². The van der Waals surface area contributed by atoms with Crippen LogP contribution in [0.15, 0.2) is 89.7 Å². The van der Waals surface area contributed by atoms with E-state index in [2.05, 4.69) is 15.2 Å². The van der Waals surface area contributed by atoms with Crippen molar-refractivity contribution in [1.82, 2.24) is 9.88 Å². The lowest BCUT2D eigenvalue weighted by atomic mass is 9.96. The molecule has 7 heteroatoms. The van der Waals surface area contributed by atoms with Crippen molar-refractivity contribution in [3.63, 3.8) is 0 Å². The summed E-state index contributed by atoms with van der Waals surface area (Å²) in [7, 11) is 0. The number of oxazole rings is 1. The van der Waals surface area contributed by atoms with Crippen molar-refractivity contribution in [2.24, 2.45) is 5.92 Å². The first-order valence-corrected chi connectivity index (χ1v) is 12.2. The third-order valence-electron chi connectivity index (χ3n) is 6.53. The smallest absolute Gasteiger partial charge is 0.335 e. The first-order valence-electron chi connectivity index (χ1n) is 12.2. The van der Waals surface area contributed by atoms with Crippen molar-refractivity contribution < 1.29 is 19.1 Å². The molecule has 1 aromatic heterocycles. The fourth-order valence-electron chi connectivity index (χ4n) is 4.43. The van der Waals surface area contributed by atoms with E-state index in [0.717, 1.165) is 67.3 Å². The molecule has 1 aliphatic rings. The van der Waals surface area contributed by atoms with Crippen LogP contribution < -0.4 is 10.1 Å². The number of ether oxygens (including phenoxy) is 1. The van der Waals surface area contributed by atoms with Gasteiger partial charge in [0.1, 0.15) is 17.8 Å². The number of hydrogen-bond acceptors (Lipinski definition) is 6. The SMILES string of the molecule is O=C(O)c1ccc(CN2CCC(CNc3ccc(Oc4ccc(-c5ncco5)cc4)cc3)CC2)cc1. The van der Waals surface area contributed by atoms with Gasteiger partial charge in [0.2, 0.25) is 5.89 Å². The number of carbonyl (C=O) groups is 1. The van der Waals surface area contributed by atoms with Crippen LogP contribution in [0.4, 0.5) is 5.69 Å². The van der Waals surface area contributed by atoms with Gasteiger partial charge in [-0.3, -0.25) is 4.90 Å². The van der Waals surface area contributed by atoms with Gasteiger partial charge in [-0.2, -0.15) is 0 Å². The summed E-state index contributed by atoms with van der Waals surface area (Å²) in [6.07, 6.45) is 5.48. The Labute approximate surface area is 210 Å². The number of aromatic carboxylic acids is 1. The molecule has 2 heterocycles. The molecule has 4 aromatic rings. The minimum Gasteiger partial charge on any atom is -0.478 e. The van der Waals surface area contributed by atoms with Gasteiger partial charge in [0.25, 0.3) is 0 Å². The van der Waals surface area contributed by atoms with Crippen molar-refractivity contribution in [3.8, 4) is 23.0 Å². The number of likely N-dealkylation sites (tertiary alicyclic amines) is 1. The maximum atomic E-state index is 11.0. The molecule has 36 heavy (non-hydrogen) atoms. The molecule has 7 nitrogen and oxygen atoms in total. The van der Waals surface area contributed by atoms with E-state index in [9.17, 15) is 4.79 Å². The lowest BCUT2D eigenvalue weighted by Gasteiger charge is -2.32. The van der Waals surface area contributed by atoms with E-state index >= 15 is 0 Å². The predicted octanol–water partition coefficient (Wildman–Crippen LogP) is 6.16. The van der Waals surface area contributed by atoms with Crippen molar-refractivity contribution >= 4 is 11.7 Å². The summed E-state index contributed by atoms with van der Waals surface area (Å²) in [6, 6.07) is 22.9. The van der Waals surface area contributed by atoms with E-state index in [4.69, 9.17) is 14.3 Å². The molecule has 0 radical (unpaired) electrons. The third kappa shape index (κ3) is 6.12. The second-order valence-electron chi connectivity index (χ2n) is 9.09. The van der Waals surface area contributed by atoms with E-state index in [1.165, 1.54) is 0 Å². The maximum absolute atomic E-state index is 11.0. The van der Waals surface area contributed by atoms with Crippen molar-refractivity contribution in [1.29, 1.82) is 0 Å². The molecule has 3 aromatic carbocycles. The zero-order chi connectivity index (χ0) is 24.7. The quantitative estimate of drug-likeness (QED) is 0.295. The summed E-state index contributed by atoms with van der Waals surface area (Å²) in [5.41, 5.74) is 3.49. The summed E-state index contributed by atoms with van der Waals surface area (Å²) in [6.45, 7) is 3.91. The van der Waals surface area contributed by atoms with E-state index < -0.39 is 5.97 Å². The summed E-state index contributed by atoms with van der Waals surface area (Å²) < 4.78 is 11.3. The van der Waals surface area contributed by atoms with Crippen LogP contribution in [0.1, 0.15) is 28.8 Å². The summed E-state index contributed by atoms with van der Waals surface area (Å²) in [5, 5.41) is 12.6. The molecule has 0 aliphatic carbocycles. The van der Waals surface area contributed by atoms with Crippen LogP contribution in [0, 0.1) is 5.92 Å². The van der Waals surface area contributed by atoms with E-state index in [0.29, 0.717) is 17.4 Å². The molecule has 0 unspecified atom stereocenters. The molecule has 0 spiro atoms. The number of hydrogen-bond donors (Lipinski definition) is 2. The predicted molar refractivity (Wildman–Crippen MR) is 138 cm³/mol. The second-order valence-corrected chi connectivity index (χ2v) is 9.09. The van der Waals surface area contributed by atoms with Gasteiger partial charge in [-0.25, -0.2) is 9.78 Å². The zero-order valence-electron chi connectivity index (χ0n) is 20.0. The fraction of sp³-hybridized carbons (Fsp3) is 0.241. The molecule has 0 saturated carbocycles. The maximum Gasteiger partial charge on any atom is 0.335 e. The van der Waals surface area contributed by atoms with E-state index in [1.54, 1.807) is 24.6 Å². The Morgan fingerprint density at radius 2 is 1.64 bits per heavy atom. The summed E-state index contributed by atoms with van der Waals surface area (Å²) in [4.78, 5) is 17.6. The number of carboxylic acids is 1. The Morgan fingerprint density at radius 3 is 2.25 bits per heavy atom. The lowest BCUT2D eigenvalue weighted by Crippen LogP contribution is -2.35. The average Bonchev–Trinajstić information content (AvgIpc) is 3.45. The van der Waals surface area contributed by atoms with Crippen molar-refractivity contribution in [2.75, 3.05) is 25.0 Å². The monoisotopic (exact) mass is 483 g/mol. The highest BCUT2D eigenvalue weighted by atomic mass is 16.5. The molecule has 1 saturated heterocycles. The highest BCUT2D eigenvalue weighted by Crippen LogP contribution is 2.26. The third-order valence-corrected chi connectivity index (χ3v) is 6.53. The number of anilines is 1. The van der Waals surface area contributed by atoms with Crippen LogP contribution >= 0.6 is 0 Å². The van der Waals surface area contributed by atoms with Gasteiger partial charge in [-0.05, 0) is 98.1 Å². The molecule has 0 amide bonds. The normalized spacial score (nSPS) is 14.4. The molecule has 184 valence electrons. The molecule has 2 N–H and O–H groups in total. The fourth-order valence-corrected chi connectivity index (χ4v) is 4.43. The van der Waals surface area contributed by atoms with Gasteiger partial charge in [0, 0.05) is 24.3 Å². The Morgan fingerprint density at radius 1 is 0.972 bits per heavy atom. The minimum absolute atomic E-state index is 0.334. The van der Waals surface area contributed by atoms with Gasteiger partial charge < -0.3 is 19.6 Å². The molecule has 1 aliphatic heterocycles. The van der Waals surface area contributed by atoms with Crippen molar-refractivity contribution in [2.45, 2.75) is 19.4 Å². The molecule has 0 bridgehead atoms. The Hall–Kier alpha value is -4.10. The highest BCUT2D eigenvalue weighted by molar-refractivity contribution is 5.87. The zero-order valence-corrected chi connectivity index (χ0v) is 20.0. The lowest BCUT2D eigenvalue weighted by molar-refractivity contribution is 0.0697. The summed E-state index contributed by atoms with van der Waals surface area (Å²) >= 11 is 0. The first-order chi connectivity index (χ1) is 17.6. The summed E-state index contributed by atoms with van der Waals surface area (Å²) in [5.74, 6) is 1.89. The average molecular weight is 484 g/mol. The molecule has 0 atom stereocenters. The van der Waals surface area contributed by atoms with Gasteiger partial charge >= 0.3 is 5.97 Å². The van der Waals surface area contributed by atoms with Gasteiger partial charge in [-0.1, -0.05) is 12.1 Å². The number of nitrogens with one attached hydrogen (secondary N) is 1. The largest absolute Gasteiger partial charge is 0.478 e. The van der Waals surface area contributed by atoms with Crippen LogP contribution in [-0.4, -0.2) is 40.6 Å². The van der Waals surface area contributed by atoms with Crippen LogP contribution in [0.5, 0.6) is 11.5 Å². The van der Waals surface area contributed by atoms with Crippen LogP contribution in [0.3, 0.4) is 0 Å². The first kappa shape index (κ1) is 23.6. The number of rotatable bonds is 9. The molecular formula is C29H29N3O4. The standard InChI is InChI=1S/C29H29N3O4/c33-29(34)24-3-1-22(2-4-24)20-32-16-13-21(14-17-32)19-31-25-7-11-27(12-8-25)36-26-9-5-23(6-10-26)28-30-15-18-35-28/h1-12,15,18,21,31H,13-14,16-17,19-20H2,(H,33,34). The van der Waals surface area contributed by atoms with E-state index in [1.807, 2.05) is 60.7 Å². The highest BCUT2D eigenvalue weighted by Gasteiger charge is 2.19. The van der Waals surface area contributed by atoms with Gasteiger partial charge in [0.05, 0.1) is 11.8 Å². The number of aromatic nitrogens is 1. The molecule has 1 fully saturated rings.